The average Bonchev–Trinajstić information content (AvgIpc) is 3.42. The number of halogens is 2. The van der Waals surface area contributed by atoms with Crippen LogP contribution in [-0.2, 0) is 6.54 Å². The molecule has 2 aliphatic heterocycles. The van der Waals surface area contributed by atoms with Crippen molar-refractivity contribution in [1.29, 1.82) is 0 Å². The summed E-state index contributed by atoms with van der Waals surface area (Å²) >= 11 is 6.14. The third kappa shape index (κ3) is 4.45. The van der Waals surface area contributed by atoms with Gasteiger partial charge in [0.2, 0.25) is 5.88 Å². The first-order valence-corrected chi connectivity index (χ1v) is 12.9. The standard InChI is InChI=1S/C28H27ClFN5O2/c1-37-25-12-11-22(30)27(32-25)28(36)35-20-9-10-21(35)16-33(15-13-20)17-23-26(18-5-7-19(29)8-6-18)31-24-4-2-3-14-34(23)24/h2-8,11-12,14,20-21H,9-10,13,15-17H2,1H3. The molecule has 0 N–H and O–H groups in total. The number of hydrogen-bond donors (Lipinski definition) is 0. The van der Waals surface area contributed by atoms with Crippen molar-refractivity contribution in [2.24, 2.45) is 0 Å². The maximum absolute atomic E-state index is 14.6. The lowest BCUT2D eigenvalue weighted by atomic mass is 10.1. The van der Waals surface area contributed by atoms with Gasteiger partial charge in [0.15, 0.2) is 11.5 Å². The van der Waals surface area contributed by atoms with Gasteiger partial charge in [-0.05, 0) is 49.6 Å². The van der Waals surface area contributed by atoms with Gasteiger partial charge in [-0.2, -0.15) is 0 Å². The van der Waals surface area contributed by atoms with E-state index < -0.39 is 5.82 Å². The molecule has 2 fully saturated rings. The Morgan fingerprint density at radius 1 is 1.05 bits per heavy atom. The second kappa shape index (κ2) is 9.76. The predicted octanol–water partition coefficient (Wildman–Crippen LogP) is 5.08. The van der Waals surface area contributed by atoms with E-state index in [0.29, 0.717) is 18.1 Å². The third-order valence-electron chi connectivity index (χ3n) is 7.45. The van der Waals surface area contributed by atoms with E-state index in [1.165, 1.54) is 19.2 Å². The van der Waals surface area contributed by atoms with Crippen LogP contribution >= 0.6 is 11.6 Å². The number of amides is 1. The number of imidazole rings is 1. The van der Waals surface area contributed by atoms with Crippen LogP contribution in [0.5, 0.6) is 5.88 Å². The fourth-order valence-corrected chi connectivity index (χ4v) is 5.80. The molecule has 0 saturated carbocycles. The van der Waals surface area contributed by atoms with Crippen molar-refractivity contribution >= 4 is 23.2 Å². The SMILES string of the molecule is COc1ccc(F)c(C(=O)N2C3CCC2CN(Cc2c(-c4ccc(Cl)cc4)nc4ccccn24)CC3)n1. The average molecular weight is 520 g/mol. The first-order chi connectivity index (χ1) is 18.0. The molecule has 2 aliphatic rings. The Morgan fingerprint density at radius 2 is 1.86 bits per heavy atom. The number of carbonyl (C=O) groups is 1. The van der Waals surface area contributed by atoms with E-state index in [1.807, 2.05) is 53.6 Å². The summed E-state index contributed by atoms with van der Waals surface area (Å²) in [6, 6.07) is 16.5. The summed E-state index contributed by atoms with van der Waals surface area (Å²) in [6.45, 7) is 2.22. The first kappa shape index (κ1) is 23.9. The van der Waals surface area contributed by atoms with E-state index in [4.69, 9.17) is 21.3 Å². The monoisotopic (exact) mass is 519 g/mol. The summed E-state index contributed by atoms with van der Waals surface area (Å²) in [5.74, 6) is -0.747. The van der Waals surface area contributed by atoms with E-state index in [0.717, 1.165) is 48.4 Å². The molecular formula is C28H27ClFN5O2. The van der Waals surface area contributed by atoms with E-state index in [-0.39, 0.29) is 29.6 Å². The van der Waals surface area contributed by atoms with Gasteiger partial charge in [-0.3, -0.25) is 9.69 Å². The normalized spacial score (nSPS) is 19.8. The molecule has 37 heavy (non-hydrogen) atoms. The summed E-state index contributed by atoms with van der Waals surface area (Å²) < 4.78 is 21.9. The molecule has 7 nitrogen and oxygen atoms in total. The fourth-order valence-electron chi connectivity index (χ4n) is 5.68. The van der Waals surface area contributed by atoms with Crippen molar-refractivity contribution in [3.8, 4) is 17.1 Å². The third-order valence-corrected chi connectivity index (χ3v) is 7.71. The molecule has 0 aliphatic carbocycles. The summed E-state index contributed by atoms with van der Waals surface area (Å²) in [5, 5.41) is 0.685. The first-order valence-electron chi connectivity index (χ1n) is 12.5. The summed E-state index contributed by atoms with van der Waals surface area (Å²) in [4.78, 5) is 26.8. The van der Waals surface area contributed by atoms with Crippen molar-refractivity contribution in [1.82, 2.24) is 24.2 Å². The molecule has 2 unspecified atom stereocenters. The molecule has 9 heteroatoms. The number of hydrogen-bond acceptors (Lipinski definition) is 5. The number of benzene rings is 1. The maximum Gasteiger partial charge on any atom is 0.276 e. The van der Waals surface area contributed by atoms with Crippen molar-refractivity contribution < 1.29 is 13.9 Å². The van der Waals surface area contributed by atoms with Crippen LogP contribution in [0, 0.1) is 5.82 Å². The van der Waals surface area contributed by atoms with Crippen molar-refractivity contribution in [2.75, 3.05) is 20.2 Å². The zero-order chi connectivity index (χ0) is 25.5. The molecule has 4 aromatic rings. The largest absolute Gasteiger partial charge is 0.481 e. The summed E-state index contributed by atoms with van der Waals surface area (Å²) in [6.07, 6.45) is 4.66. The van der Waals surface area contributed by atoms with E-state index >= 15 is 0 Å². The van der Waals surface area contributed by atoms with Gasteiger partial charge < -0.3 is 14.0 Å². The Bertz CT molecular complexity index is 1460. The predicted molar refractivity (Wildman–Crippen MR) is 139 cm³/mol. The number of carbonyl (C=O) groups excluding carboxylic acids is 1. The topological polar surface area (TPSA) is 63.0 Å². The van der Waals surface area contributed by atoms with Gasteiger partial charge in [0.05, 0.1) is 18.5 Å². The van der Waals surface area contributed by atoms with E-state index in [9.17, 15) is 9.18 Å². The Morgan fingerprint density at radius 3 is 2.68 bits per heavy atom. The van der Waals surface area contributed by atoms with Gasteiger partial charge in [0, 0.05) is 54.6 Å². The minimum atomic E-state index is -0.621. The highest BCUT2D eigenvalue weighted by Crippen LogP contribution is 2.34. The van der Waals surface area contributed by atoms with Crippen LogP contribution in [0.1, 0.15) is 35.4 Å². The zero-order valence-electron chi connectivity index (χ0n) is 20.5. The van der Waals surface area contributed by atoms with Gasteiger partial charge >= 0.3 is 0 Å². The number of nitrogens with zero attached hydrogens (tertiary/aromatic N) is 5. The Labute approximate surface area is 219 Å². The van der Waals surface area contributed by atoms with Gasteiger partial charge in [-0.25, -0.2) is 14.4 Å². The molecule has 0 spiro atoms. The van der Waals surface area contributed by atoms with Crippen molar-refractivity contribution in [3.63, 3.8) is 0 Å². The molecule has 6 rings (SSSR count). The number of methoxy groups -OCH3 is 1. The number of fused-ring (bicyclic) bond motifs is 3. The number of rotatable bonds is 5. The van der Waals surface area contributed by atoms with Crippen LogP contribution in [-0.4, -0.2) is 62.4 Å². The van der Waals surface area contributed by atoms with Gasteiger partial charge in [-0.15, -0.1) is 0 Å². The van der Waals surface area contributed by atoms with Gasteiger partial charge in [-0.1, -0.05) is 29.8 Å². The second-order valence-electron chi connectivity index (χ2n) is 9.65. The molecule has 2 bridgehead atoms. The van der Waals surface area contributed by atoms with E-state index in [1.54, 1.807) is 0 Å². The highest BCUT2D eigenvalue weighted by molar-refractivity contribution is 6.30. The zero-order valence-corrected chi connectivity index (χ0v) is 21.2. The molecule has 2 atom stereocenters. The summed E-state index contributed by atoms with van der Waals surface area (Å²) in [5.41, 5.74) is 3.74. The summed E-state index contributed by atoms with van der Waals surface area (Å²) in [7, 11) is 1.46. The molecule has 190 valence electrons. The lowest BCUT2D eigenvalue weighted by Crippen LogP contribution is -2.43. The number of aromatic nitrogens is 3. The van der Waals surface area contributed by atoms with Crippen LogP contribution in [0.2, 0.25) is 5.02 Å². The second-order valence-corrected chi connectivity index (χ2v) is 10.1. The fraction of sp³-hybridized carbons (Fsp3) is 0.321. The van der Waals surface area contributed by atoms with Crippen LogP contribution < -0.4 is 4.74 Å². The lowest BCUT2D eigenvalue weighted by molar-refractivity contribution is 0.0657. The Hall–Kier alpha value is -3.49. The number of pyridine rings is 2. The molecule has 1 amide bonds. The minimum Gasteiger partial charge on any atom is -0.481 e. The molecule has 0 radical (unpaired) electrons. The molecule has 1 aromatic carbocycles. The number of likely N-dealkylation sites (tertiary alicyclic amines) is 1. The number of ether oxygens (including phenoxy) is 1. The highest BCUT2D eigenvalue weighted by Gasteiger charge is 2.41. The van der Waals surface area contributed by atoms with Gasteiger partial charge in [0.1, 0.15) is 5.65 Å². The molecule has 2 saturated heterocycles. The smallest absolute Gasteiger partial charge is 0.276 e. The lowest BCUT2D eigenvalue weighted by Gasteiger charge is -2.29. The van der Waals surface area contributed by atoms with E-state index in [2.05, 4.69) is 14.3 Å². The van der Waals surface area contributed by atoms with Crippen molar-refractivity contribution in [3.05, 3.63) is 83.0 Å². The minimum absolute atomic E-state index is 0.00873. The van der Waals surface area contributed by atoms with Crippen LogP contribution in [0.15, 0.2) is 60.8 Å². The van der Waals surface area contributed by atoms with Gasteiger partial charge in [0.25, 0.3) is 5.91 Å². The van der Waals surface area contributed by atoms with Crippen LogP contribution in [0.3, 0.4) is 0 Å². The van der Waals surface area contributed by atoms with Crippen molar-refractivity contribution in [2.45, 2.75) is 37.9 Å². The Balaban J connectivity index is 1.29. The van der Waals surface area contributed by atoms with Crippen LogP contribution in [0.4, 0.5) is 4.39 Å². The molecule has 3 aromatic heterocycles. The molecule has 5 heterocycles. The molecular weight excluding hydrogens is 493 g/mol. The highest BCUT2D eigenvalue weighted by atomic mass is 35.5. The maximum atomic E-state index is 14.6. The van der Waals surface area contributed by atoms with Crippen LogP contribution in [0.25, 0.3) is 16.9 Å². The Kier molecular flexibility index (Phi) is 6.30. The quantitative estimate of drug-likeness (QED) is 0.368.